The topological polar surface area (TPSA) is 39.9 Å². The van der Waals surface area contributed by atoms with E-state index in [1.54, 1.807) is 13.3 Å². The van der Waals surface area contributed by atoms with Crippen LogP contribution in [0.15, 0.2) is 66.9 Å². The number of fused-ring (bicyclic) bond motifs is 1. The Morgan fingerprint density at radius 2 is 1.88 bits per heavy atom. The van der Waals surface area contributed by atoms with Crippen molar-refractivity contribution in [2.45, 2.75) is 6.54 Å². The van der Waals surface area contributed by atoms with Crippen molar-refractivity contribution in [1.29, 1.82) is 0 Å². The molecule has 0 radical (unpaired) electrons. The first-order chi connectivity index (χ1) is 12.2. The van der Waals surface area contributed by atoms with Gasteiger partial charge >= 0.3 is 0 Å². The van der Waals surface area contributed by atoms with Crippen molar-refractivity contribution in [3.63, 3.8) is 0 Å². The van der Waals surface area contributed by atoms with E-state index in [-0.39, 0.29) is 0 Å². The predicted molar refractivity (Wildman–Crippen MR) is 100 cm³/mol. The third kappa shape index (κ3) is 3.08. The number of pyridine rings is 1. The average molecular weight is 350 g/mol. The van der Waals surface area contributed by atoms with E-state index < -0.39 is 0 Å². The lowest BCUT2D eigenvalue weighted by Gasteiger charge is -2.05. The molecule has 0 saturated carbocycles. The molecule has 0 amide bonds. The summed E-state index contributed by atoms with van der Waals surface area (Å²) >= 11 is 6.15. The number of ether oxygens (including phenoxy) is 1. The Labute approximate surface area is 150 Å². The number of benzene rings is 2. The number of aromatic nitrogens is 3. The molecule has 2 heterocycles. The van der Waals surface area contributed by atoms with E-state index >= 15 is 0 Å². The van der Waals surface area contributed by atoms with Crippen LogP contribution in [0.4, 0.5) is 0 Å². The van der Waals surface area contributed by atoms with Gasteiger partial charge in [0.1, 0.15) is 11.4 Å². The molecule has 0 aliphatic carbocycles. The number of hydrogen-bond acceptors (Lipinski definition) is 3. The highest BCUT2D eigenvalue weighted by Crippen LogP contribution is 2.29. The van der Waals surface area contributed by atoms with Gasteiger partial charge in [-0.1, -0.05) is 35.9 Å². The zero-order chi connectivity index (χ0) is 17.2. The van der Waals surface area contributed by atoms with Crippen molar-refractivity contribution in [3.8, 4) is 17.0 Å². The van der Waals surface area contributed by atoms with E-state index in [0.29, 0.717) is 11.6 Å². The SMILES string of the molecule is COc1ccc(Cn2nc(-c3cccc(Cl)c3)c3cccnc32)cc1. The molecule has 2 aromatic heterocycles. The Kier molecular flexibility index (Phi) is 4.12. The van der Waals surface area contributed by atoms with E-state index in [2.05, 4.69) is 4.98 Å². The molecule has 4 rings (SSSR count). The fraction of sp³-hybridized carbons (Fsp3) is 0.100. The smallest absolute Gasteiger partial charge is 0.158 e. The van der Waals surface area contributed by atoms with E-state index in [1.165, 1.54) is 0 Å². The van der Waals surface area contributed by atoms with Crippen molar-refractivity contribution >= 4 is 22.6 Å². The molecule has 124 valence electrons. The molecule has 4 nitrogen and oxygen atoms in total. The second kappa shape index (κ2) is 6.57. The van der Waals surface area contributed by atoms with Crippen LogP contribution >= 0.6 is 11.6 Å². The van der Waals surface area contributed by atoms with Crippen LogP contribution in [0.3, 0.4) is 0 Å². The highest BCUT2D eigenvalue weighted by molar-refractivity contribution is 6.30. The second-order valence-electron chi connectivity index (χ2n) is 5.74. The zero-order valence-electron chi connectivity index (χ0n) is 13.7. The first-order valence-corrected chi connectivity index (χ1v) is 8.33. The van der Waals surface area contributed by atoms with Gasteiger partial charge in [0.2, 0.25) is 0 Å². The third-order valence-corrected chi connectivity index (χ3v) is 4.33. The highest BCUT2D eigenvalue weighted by atomic mass is 35.5. The number of halogens is 1. The molecule has 0 bridgehead atoms. The molecule has 4 aromatic rings. The second-order valence-corrected chi connectivity index (χ2v) is 6.18. The quantitative estimate of drug-likeness (QED) is 0.531. The number of hydrogen-bond donors (Lipinski definition) is 0. The van der Waals surface area contributed by atoms with Crippen molar-refractivity contribution in [2.24, 2.45) is 0 Å². The van der Waals surface area contributed by atoms with E-state index in [4.69, 9.17) is 21.4 Å². The predicted octanol–water partition coefficient (Wildman–Crippen LogP) is 4.81. The molecule has 0 N–H and O–H groups in total. The first kappa shape index (κ1) is 15.7. The van der Waals surface area contributed by atoms with Gasteiger partial charge in [-0.3, -0.25) is 0 Å². The fourth-order valence-corrected chi connectivity index (χ4v) is 3.06. The van der Waals surface area contributed by atoms with Crippen molar-refractivity contribution in [2.75, 3.05) is 7.11 Å². The monoisotopic (exact) mass is 349 g/mol. The summed E-state index contributed by atoms with van der Waals surface area (Å²) in [5.41, 5.74) is 3.86. The van der Waals surface area contributed by atoms with Crippen molar-refractivity contribution < 1.29 is 4.74 Å². The van der Waals surface area contributed by atoms with Gasteiger partial charge in [0.05, 0.1) is 13.7 Å². The molecule has 0 aliphatic heterocycles. The van der Waals surface area contributed by atoms with Crippen LogP contribution in [-0.4, -0.2) is 21.9 Å². The number of nitrogens with zero attached hydrogens (tertiary/aromatic N) is 3. The van der Waals surface area contributed by atoms with Gasteiger partial charge < -0.3 is 4.74 Å². The Balaban J connectivity index is 1.79. The summed E-state index contributed by atoms with van der Waals surface area (Å²) in [6, 6.07) is 19.7. The van der Waals surface area contributed by atoms with Gasteiger partial charge in [-0.05, 0) is 42.0 Å². The van der Waals surface area contributed by atoms with Crippen molar-refractivity contribution in [3.05, 3.63) is 77.4 Å². The third-order valence-electron chi connectivity index (χ3n) is 4.10. The number of methoxy groups -OCH3 is 1. The first-order valence-electron chi connectivity index (χ1n) is 7.95. The van der Waals surface area contributed by atoms with Gasteiger partial charge in [-0.2, -0.15) is 5.10 Å². The normalized spacial score (nSPS) is 11.0. The largest absolute Gasteiger partial charge is 0.497 e. The van der Waals surface area contributed by atoms with Crippen LogP contribution < -0.4 is 4.74 Å². The summed E-state index contributed by atoms with van der Waals surface area (Å²) in [5, 5.41) is 6.51. The fourth-order valence-electron chi connectivity index (χ4n) is 2.87. The maximum absolute atomic E-state index is 6.15. The maximum atomic E-state index is 6.15. The van der Waals surface area contributed by atoms with Crippen LogP contribution in [0.1, 0.15) is 5.56 Å². The lowest BCUT2D eigenvalue weighted by Crippen LogP contribution is -2.02. The molecule has 25 heavy (non-hydrogen) atoms. The Hall–Kier alpha value is -2.85. The standard InChI is InChI=1S/C20H16ClN3O/c1-25-17-9-7-14(8-10-17)13-24-20-18(6-3-11-22-20)19(23-24)15-4-2-5-16(21)12-15/h2-12H,13H2,1H3. The summed E-state index contributed by atoms with van der Waals surface area (Å²) in [7, 11) is 1.66. The summed E-state index contributed by atoms with van der Waals surface area (Å²) in [6.45, 7) is 0.637. The van der Waals surface area contributed by atoms with E-state index in [0.717, 1.165) is 33.6 Å². The minimum absolute atomic E-state index is 0.637. The Morgan fingerprint density at radius 1 is 1.04 bits per heavy atom. The summed E-state index contributed by atoms with van der Waals surface area (Å²) in [4.78, 5) is 4.52. The van der Waals surface area contributed by atoms with Crippen LogP contribution in [0, 0.1) is 0 Å². The van der Waals surface area contributed by atoms with E-state index in [9.17, 15) is 0 Å². The Bertz CT molecular complexity index is 1020. The Morgan fingerprint density at radius 3 is 2.64 bits per heavy atom. The van der Waals surface area contributed by atoms with Crippen LogP contribution in [0.25, 0.3) is 22.3 Å². The molecule has 0 fully saturated rings. The molecule has 0 spiro atoms. The summed E-state index contributed by atoms with van der Waals surface area (Å²) < 4.78 is 7.14. The molecule has 0 atom stereocenters. The summed E-state index contributed by atoms with van der Waals surface area (Å²) in [5.74, 6) is 0.840. The van der Waals surface area contributed by atoms with Crippen LogP contribution in [0.2, 0.25) is 5.02 Å². The van der Waals surface area contributed by atoms with Gasteiger partial charge in [-0.15, -0.1) is 0 Å². The van der Waals surface area contributed by atoms with Gasteiger partial charge in [-0.25, -0.2) is 9.67 Å². The molecule has 2 aromatic carbocycles. The van der Waals surface area contributed by atoms with Crippen LogP contribution in [-0.2, 0) is 6.54 Å². The van der Waals surface area contributed by atoms with Crippen LogP contribution in [0.5, 0.6) is 5.75 Å². The molecule has 5 heteroatoms. The summed E-state index contributed by atoms with van der Waals surface area (Å²) in [6.07, 6.45) is 1.79. The molecule has 0 aliphatic rings. The average Bonchev–Trinajstić information content (AvgIpc) is 3.01. The highest BCUT2D eigenvalue weighted by Gasteiger charge is 2.13. The zero-order valence-corrected chi connectivity index (χ0v) is 14.4. The molecule has 0 unspecified atom stereocenters. The lowest BCUT2D eigenvalue weighted by molar-refractivity contribution is 0.414. The molecular formula is C20H16ClN3O. The van der Waals surface area contributed by atoms with E-state index in [1.807, 2.05) is 65.3 Å². The maximum Gasteiger partial charge on any atom is 0.158 e. The minimum Gasteiger partial charge on any atom is -0.497 e. The van der Waals surface area contributed by atoms with Gasteiger partial charge in [0.25, 0.3) is 0 Å². The van der Waals surface area contributed by atoms with Gasteiger partial charge in [0, 0.05) is 22.2 Å². The minimum atomic E-state index is 0.637. The van der Waals surface area contributed by atoms with Gasteiger partial charge in [0.15, 0.2) is 5.65 Å². The molecule has 0 saturated heterocycles. The molecular weight excluding hydrogens is 334 g/mol. The van der Waals surface area contributed by atoms with Crippen molar-refractivity contribution in [1.82, 2.24) is 14.8 Å². The lowest BCUT2D eigenvalue weighted by atomic mass is 10.1. The number of rotatable bonds is 4.